The van der Waals surface area contributed by atoms with Crippen molar-refractivity contribution in [2.45, 2.75) is 6.54 Å². The van der Waals surface area contributed by atoms with Gasteiger partial charge >= 0.3 is 5.69 Å². The topological polar surface area (TPSA) is 75.1 Å². The molecule has 0 fully saturated rings. The molecule has 2 rings (SSSR count). The maximum Gasteiger partial charge on any atom is 0.328 e. The van der Waals surface area contributed by atoms with Crippen molar-refractivity contribution in [3.05, 3.63) is 31.6 Å². The van der Waals surface area contributed by atoms with Gasteiger partial charge in [0.2, 0.25) is 0 Å². The summed E-state index contributed by atoms with van der Waals surface area (Å²) in [5.41, 5.74) is -0.270. The second-order valence-electron chi connectivity index (χ2n) is 2.81. The van der Waals surface area contributed by atoms with Crippen LogP contribution in [0.3, 0.4) is 0 Å². The Balaban J connectivity index is 2.83. The predicted molar refractivity (Wildman–Crippen MR) is 53.8 cm³/mol. The van der Waals surface area contributed by atoms with Gasteiger partial charge in [-0.3, -0.25) is 9.36 Å². The summed E-state index contributed by atoms with van der Waals surface area (Å²) >= 11 is 1.36. The van der Waals surface area contributed by atoms with Crippen molar-refractivity contribution in [2.75, 3.05) is 6.61 Å². The third-order valence-electron chi connectivity index (χ3n) is 1.95. The van der Waals surface area contributed by atoms with Gasteiger partial charge in [0.25, 0.3) is 5.56 Å². The standard InChI is InChI=1S/C8H8N2O3S/c11-2-1-10-7(12)5-3-14-4-6(5)9-8(10)13/h3-4,11H,1-2H2,(H,9,13). The molecule has 0 amide bonds. The fourth-order valence-corrected chi connectivity index (χ4v) is 2.04. The second-order valence-corrected chi connectivity index (χ2v) is 3.55. The Hall–Kier alpha value is -1.40. The Kier molecular flexibility index (Phi) is 2.22. The van der Waals surface area contributed by atoms with Gasteiger partial charge < -0.3 is 10.1 Å². The summed E-state index contributed by atoms with van der Waals surface area (Å²) in [4.78, 5) is 25.6. The largest absolute Gasteiger partial charge is 0.395 e. The number of nitrogens with one attached hydrogen (secondary N) is 1. The van der Waals surface area contributed by atoms with Crippen LogP contribution in [0.1, 0.15) is 0 Å². The fraction of sp³-hybridized carbons (Fsp3) is 0.250. The van der Waals surface area contributed by atoms with Gasteiger partial charge in [0.15, 0.2) is 0 Å². The Morgan fingerprint density at radius 1 is 1.43 bits per heavy atom. The number of rotatable bonds is 2. The smallest absolute Gasteiger partial charge is 0.328 e. The minimum atomic E-state index is -0.477. The first-order valence-corrected chi connectivity index (χ1v) is 4.98. The number of thiophene rings is 1. The molecule has 2 heterocycles. The van der Waals surface area contributed by atoms with Crippen LogP contribution in [0.15, 0.2) is 20.3 Å². The summed E-state index contributed by atoms with van der Waals surface area (Å²) in [5, 5.41) is 12.6. The van der Waals surface area contributed by atoms with Gasteiger partial charge in [-0.25, -0.2) is 4.79 Å². The SMILES string of the molecule is O=c1[nH]c2cscc2c(=O)n1CCO. The molecular weight excluding hydrogens is 204 g/mol. The number of H-pyrrole nitrogens is 1. The Labute approximate surface area is 82.2 Å². The van der Waals surface area contributed by atoms with E-state index >= 15 is 0 Å². The number of aromatic amines is 1. The van der Waals surface area contributed by atoms with Crippen molar-refractivity contribution < 1.29 is 5.11 Å². The molecular formula is C8H8N2O3S. The van der Waals surface area contributed by atoms with E-state index in [0.29, 0.717) is 10.9 Å². The van der Waals surface area contributed by atoms with E-state index in [0.717, 1.165) is 4.57 Å². The fourth-order valence-electron chi connectivity index (χ4n) is 1.28. The zero-order chi connectivity index (χ0) is 10.1. The van der Waals surface area contributed by atoms with Crippen LogP contribution in [0.5, 0.6) is 0 Å². The van der Waals surface area contributed by atoms with Crippen molar-refractivity contribution in [3.8, 4) is 0 Å². The van der Waals surface area contributed by atoms with Crippen LogP contribution in [-0.4, -0.2) is 21.3 Å². The van der Waals surface area contributed by atoms with Gasteiger partial charge in [-0.1, -0.05) is 0 Å². The van der Waals surface area contributed by atoms with Crippen molar-refractivity contribution >= 4 is 22.2 Å². The van der Waals surface area contributed by atoms with Gasteiger partial charge in [-0.05, 0) is 0 Å². The molecule has 0 spiro atoms. The normalized spacial score (nSPS) is 10.9. The lowest BCUT2D eigenvalue weighted by atomic mass is 10.4. The average Bonchev–Trinajstić information content (AvgIpc) is 2.60. The van der Waals surface area contributed by atoms with Gasteiger partial charge in [-0.2, -0.15) is 0 Å². The highest BCUT2D eigenvalue weighted by Gasteiger charge is 2.06. The number of aliphatic hydroxyl groups excluding tert-OH is 1. The number of hydrogen-bond acceptors (Lipinski definition) is 4. The van der Waals surface area contributed by atoms with Crippen LogP contribution >= 0.6 is 11.3 Å². The van der Waals surface area contributed by atoms with E-state index in [-0.39, 0.29) is 18.7 Å². The molecule has 0 atom stereocenters. The summed E-state index contributed by atoms with van der Waals surface area (Å²) in [7, 11) is 0. The van der Waals surface area contributed by atoms with Crippen molar-refractivity contribution in [2.24, 2.45) is 0 Å². The minimum absolute atomic E-state index is 0.0277. The monoisotopic (exact) mass is 212 g/mol. The maximum absolute atomic E-state index is 11.6. The van der Waals surface area contributed by atoms with E-state index < -0.39 is 5.69 Å². The van der Waals surface area contributed by atoms with Crippen LogP contribution in [0.2, 0.25) is 0 Å². The molecule has 0 saturated heterocycles. The van der Waals surface area contributed by atoms with Crippen molar-refractivity contribution in [3.63, 3.8) is 0 Å². The predicted octanol–water partition coefficient (Wildman–Crippen LogP) is -0.256. The summed E-state index contributed by atoms with van der Waals surface area (Å²) < 4.78 is 0.995. The van der Waals surface area contributed by atoms with Crippen LogP contribution in [0, 0.1) is 0 Å². The molecule has 14 heavy (non-hydrogen) atoms. The molecule has 2 aromatic rings. The summed E-state index contributed by atoms with van der Waals surface area (Å²) in [6.45, 7) is -0.196. The van der Waals surface area contributed by atoms with Crippen LogP contribution in [-0.2, 0) is 6.54 Å². The van der Waals surface area contributed by atoms with E-state index in [1.807, 2.05) is 0 Å². The molecule has 5 nitrogen and oxygen atoms in total. The lowest BCUT2D eigenvalue weighted by molar-refractivity contribution is 0.272. The van der Waals surface area contributed by atoms with E-state index in [1.165, 1.54) is 11.3 Å². The molecule has 0 unspecified atom stereocenters. The van der Waals surface area contributed by atoms with Gasteiger partial charge in [0.1, 0.15) is 0 Å². The lowest BCUT2D eigenvalue weighted by Crippen LogP contribution is -2.35. The number of aliphatic hydroxyl groups is 1. The third kappa shape index (κ3) is 1.28. The molecule has 6 heteroatoms. The summed E-state index contributed by atoms with van der Waals surface area (Å²) in [5.74, 6) is 0. The first kappa shape index (κ1) is 9.17. The molecule has 0 bridgehead atoms. The number of hydrogen-bond donors (Lipinski definition) is 2. The van der Waals surface area contributed by atoms with Crippen LogP contribution in [0.25, 0.3) is 10.9 Å². The van der Waals surface area contributed by atoms with Crippen molar-refractivity contribution in [1.82, 2.24) is 9.55 Å². The minimum Gasteiger partial charge on any atom is -0.395 e. The quantitative estimate of drug-likeness (QED) is 0.720. The maximum atomic E-state index is 11.6. The molecule has 0 aliphatic carbocycles. The molecule has 0 aromatic carbocycles. The summed E-state index contributed by atoms with van der Waals surface area (Å²) in [6, 6.07) is 0. The van der Waals surface area contributed by atoms with Gasteiger partial charge in [0.05, 0.1) is 24.1 Å². The second kappa shape index (κ2) is 3.39. The van der Waals surface area contributed by atoms with Crippen LogP contribution < -0.4 is 11.2 Å². The zero-order valence-electron chi connectivity index (χ0n) is 7.19. The number of fused-ring (bicyclic) bond motifs is 1. The Morgan fingerprint density at radius 2 is 2.21 bits per heavy atom. The molecule has 2 aromatic heterocycles. The lowest BCUT2D eigenvalue weighted by Gasteiger charge is -2.00. The van der Waals surface area contributed by atoms with E-state index in [9.17, 15) is 9.59 Å². The van der Waals surface area contributed by atoms with E-state index in [4.69, 9.17) is 5.11 Å². The van der Waals surface area contributed by atoms with Gasteiger partial charge in [0, 0.05) is 10.8 Å². The van der Waals surface area contributed by atoms with Crippen molar-refractivity contribution in [1.29, 1.82) is 0 Å². The molecule has 0 saturated carbocycles. The highest BCUT2D eigenvalue weighted by Crippen LogP contribution is 2.10. The number of nitrogens with zero attached hydrogens (tertiary/aromatic N) is 1. The van der Waals surface area contributed by atoms with E-state index in [1.54, 1.807) is 10.8 Å². The summed E-state index contributed by atoms with van der Waals surface area (Å²) in [6.07, 6.45) is 0. The zero-order valence-corrected chi connectivity index (χ0v) is 8.00. The van der Waals surface area contributed by atoms with E-state index in [2.05, 4.69) is 4.98 Å². The first-order valence-electron chi connectivity index (χ1n) is 4.04. The molecule has 0 aliphatic heterocycles. The molecule has 74 valence electrons. The molecule has 2 N–H and O–H groups in total. The average molecular weight is 212 g/mol. The Morgan fingerprint density at radius 3 is 2.93 bits per heavy atom. The highest BCUT2D eigenvalue weighted by molar-refractivity contribution is 7.09. The third-order valence-corrected chi connectivity index (χ3v) is 2.69. The molecule has 0 radical (unpaired) electrons. The first-order chi connectivity index (χ1) is 6.74. The number of aromatic nitrogens is 2. The van der Waals surface area contributed by atoms with Crippen LogP contribution in [0.4, 0.5) is 0 Å². The molecule has 0 aliphatic rings. The highest BCUT2D eigenvalue weighted by atomic mass is 32.1. The van der Waals surface area contributed by atoms with Gasteiger partial charge in [-0.15, -0.1) is 11.3 Å². The Bertz CT molecular complexity index is 566.